The van der Waals surface area contributed by atoms with Gasteiger partial charge in [0.15, 0.2) is 5.96 Å². The van der Waals surface area contributed by atoms with Gasteiger partial charge in [-0.05, 0) is 36.2 Å². The van der Waals surface area contributed by atoms with Gasteiger partial charge in [0.2, 0.25) is 0 Å². The number of nitrogens with zero attached hydrogens (tertiary/aromatic N) is 3. The van der Waals surface area contributed by atoms with E-state index in [-0.39, 0.29) is 0 Å². The molecule has 3 aromatic rings. The second-order valence-electron chi connectivity index (χ2n) is 6.81. The summed E-state index contributed by atoms with van der Waals surface area (Å²) in [6, 6.07) is 16.3. The van der Waals surface area contributed by atoms with Crippen molar-refractivity contribution < 1.29 is 9.47 Å². The topological polar surface area (TPSA) is 72.7 Å². The minimum absolute atomic E-state index is 0.518. The minimum atomic E-state index is 0.518. The Morgan fingerprint density at radius 2 is 1.83 bits per heavy atom. The standard InChI is InChI=1S/C23H29N5O2/c1-18-9-10-20(22(15-18)30-14-13-29-3)17-26-23(24-2)25-16-19-7-4-5-8-21(19)28-12-6-11-27-28/h4-12,15H,13-14,16-17H2,1-3H3,(H2,24,25,26). The SMILES string of the molecule is CN=C(NCc1ccc(C)cc1OCCOC)NCc1ccccc1-n1cccn1. The van der Waals surface area contributed by atoms with Crippen molar-refractivity contribution in [3.8, 4) is 11.4 Å². The van der Waals surface area contributed by atoms with Gasteiger partial charge >= 0.3 is 0 Å². The number of nitrogens with one attached hydrogen (secondary N) is 2. The lowest BCUT2D eigenvalue weighted by atomic mass is 10.1. The number of para-hydroxylation sites is 1. The van der Waals surface area contributed by atoms with Crippen LogP contribution in [0.3, 0.4) is 0 Å². The molecule has 0 radical (unpaired) electrons. The zero-order valence-electron chi connectivity index (χ0n) is 17.8. The Balaban J connectivity index is 1.62. The first-order valence-corrected chi connectivity index (χ1v) is 9.95. The van der Waals surface area contributed by atoms with Gasteiger partial charge in [-0.2, -0.15) is 5.10 Å². The lowest BCUT2D eigenvalue weighted by Crippen LogP contribution is -2.36. The van der Waals surface area contributed by atoms with Crippen LogP contribution in [-0.2, 0) is 17.8 Å². The molecule has 2 N–H and O–H groups in total. The van der Waals surface area contributed by atoms with Gasteiger partial charge in [-0.3, -0.25) is 4.99 Å². The maximum Gasteiger partial charge on any atom is 0.191 e. The van der Waals surface area contributed by atoms with Crippen LogP contribution in [0.25, 0.3) is 5.69 Å². The number of guanidine groups is 1. The molecule has 30 heavy (non-hydrogen) atoms. The normalized spacial score (nSPS) is 11.4. The van der Waals surface area contributed by atoms with E-state index in [9.17, 15) is 0 Å². The molecule has 0 saturated carbocycles. The van der Waals surface area contributed by atoms with Crippen LogP contribution in [0.15, 0.2) is 65.9 Å². The maximum atomic E-state index is 5.88. The quantitative estimate of drug-likeness (QED) is 0.324. The molecule has 1 aromatic heterocycles. The summed E-state index contributed by atoms with van der Waals surface area (Å²) in [5.41, 5.74) is 4.39. The Labute approximate surface area is 177 Å². The molecule has 0 fully saturated rings. The van der Waals surface area contributed by atoms with Gasteiger partial charge in [-0.25, -0.2) is 4.68 Å². The Kier molecular flexibility index (Phi) is 7.86. The average Bonchev–Trinajstić information content (AvgIpc) is 3.30. The Morgan fingerprint density at radius 3 is 2.57 bits per heavy atom. The van der Waals surface area contributed by atoms with Crippen LogP contribution in [-0.4, -0.2) is 43.1 Å². The zero-order valence-corrected chi connectivity index (χ0v) is 17.8. The lowest BCUT2D eigenvalue weighted by Gasteiger charge is -2.16. The first-order valence-electron chi connectivity index (χ1n) is 9.95. The van der Waals surface area contributed by atoms with Crippen LogP contribution in [0, 0.1) is 6.92 Å². The Bertz CT molecular complexity index is 954. The fourth-order valence-corrected chi connectivity index (χ4v) is 3.05. The Hall–Kier alpha value is -3.32. The predicted molar refractivity (Wildman–Crippen MR) is 119 cm³/mol. The highest BCUT2D eigenvalue weighted by Crippen LogP contribution is 2.20. The molecule has 0 aliphatic carbocycles. The number of aliphatic imine (C=N–C) groups is 1. The number of aryl methyl sites for hydroxylation is 1. The highest BCUT2D eigenvalue weighted by atomic mass is 16.5. The van der Waals surface area contributed by atoms with Gasteiger partial charge in [0, 0.05) is 45.2 Å². The fraction of sp³-hybridized carbons (Fsp3) is 0.304. The van der Waals surface area contributed by atoms with Gasteiger partial charge in [0.25, 0.3) is 0 Å². The number of hydrogen-bond donors (Lipinski definition) is 2. The summed E-state index contributed by atoms with van der Waals surface area (Å²) in [5.74, 6) is 1.58. The van der Waals surface area contributed by atoms with E-state index < -0.39 is 0 Å². The molecule has 0 unspecified atom stereocenters. The Morgan fingerprint density at radius 1 is 1.03 bits per heavy atom. The third-order valence-electron chi connectivity index (χ3n) is 4.63. The van der Waals surface area contributed by atoms with Crippen molar-refractivity contribution in [2.24, 2.45) is 4.99 Å². The van der Waals surface area contributed by atoms with E-state index >= 15 is 0 Å². The average molecular weight is 408 g/mol. The van der Waals surface area contributed by atoms with E-state index in [1.54, 1.807) is 20.4 Å². The number of rotatable bonds is 9. The molecule has 0 aliphatic heterocycles. The third-order valence-corrected chi connectivity index (χ3v) is 4.63. The van der Waals surface area contributed by atoms with Crippen molar-refractivity contribution in [1.29, 1.82) is 0 Å². The van der Waals surface area contributed by atoms with E-state index in [2.05, 4.69) is 51.9 Å². The highest BCUT2D eigenvalue weighted by molar-refractivity contribution is 5.79. The molecule has 0 bridgehead atoms. The molecule has 0 spiro atoms. The molecule has 0 atom stereocenters. The van der Waals surface area contributed by atoms with E-state index in [1.807, 2.05) is 35.1 Å². The molecule has 0 saturated heterocycles. The van der Waals surface area contributed by atoms with Gasteiger partial charge in [-0.15, -0.1) is 0 Å². The van der Waals surface area contributed by atoms with E-state index in [4.69, 9.17) is 9.47 Å². The smallest absolute Gasteiger partial charge is 0.191 e. The van der Waals surface area contributed by atoms with Crippen LogP contribution in [0.1, 0.15) is 16.7 Å². The van der Waals surface area contributed by atoms with Crippen LogP contribution in [0.2, 0.25) is 0 Å². The summed E-state index contributed by atoms with van der Waals surface area (Å²) in [6.45, 7) is 4.35. The van der Waals surface area contributed by atoms with Crippen LogP contribution in [0.5, 0.6) is 5.75 Å². The van der Waals surface area contributed by atoms with Crippen LogP contribution >= 0.6 is 0 Å². The van der Waals surface area contributed by atoms with Crippen molar-refractivity contribution in [1.82, 2.24) is 20.4 Å². The lowest BCUT2D eigenvalue weighted by molar-refractivity contribution is 0.145. The largest absolute Gasteiger partial charge is 0.491 e. The summed E-state index contributed by atoms with van der Waals surface area (Å²) in [7, 11) is 3.43. The van der Waals surface area contributed by atoms with E-state index in [0.29, 0.717) is 32.3 Å². The molecular weight excluding hydrogens is 378 g/mol. The number of aromatic nitrogens is 2. The number of methoxy groups -OCH3 is 1. The first-order chi connectivity index (χ1) is 14.7. The summed E-state index contributed by atoms with van der Waals surface area (Å²) >= 11 is 0. The van der Waals surface area contributed by atoms with Crippen molar-refractivity contribution in [2.45, 2.75) is 20.0 Å². The first kappa shape index (κ1) is 21.4. The fourth-order valence-electron chi connectivity index (χ4n) is 3.05. The van der Waals surface area contributed by atoms with E-state index in [0.717, 1.165) is 28.1 Å². The molecule has 158 valence electrons. The van der Waals surface area contributed by atoms with Gasteiger partial charge in [-0.1, -0.05) is 30.3 Å². The molecular formula is C23H29N5O2. The van der Waals surface area contributed by atoms with Crippen LogP contribution in [0.4, 0.5) is 0 Å². The maximum absolute atomic E-state index is 5.88. The van der Waals surface area contributed by atoms with Crippen molar-refractivity contribution in [2.75, 3.05) is 27.4 Å². The molecule has 7 nitrogen and oxygen atoms in total. The van der Waals surface area contributed by atoms with Gasteiger partial charge in [0.1, 0.15) is 12.4 Å². The molecule has 0 aliphatic rings. The van der Waals surface area contributed by atoms with E-state index in [1.165, 1.54) is 0 Å². The second kappa shape index (κ2) is 11.0. The number of hydrogen-bond acceptors (Lipinski definition) is 4. The molecule has 2 aromatic carbocycles. The van der Waals surface area contributed by atoms with Crippen molar-refractivity contribution in [3.63, 3.8) is 0 Å². The molecule has 7 heteroatoms. The monoisotopic (exact) mass is 407 g/mol. The van der Waals surface area contributed by atoms with Crippen LogP contribution < -0.4 is 15.4 Å². The minimum Gasteiger partial charge on any atom is -0.491 e. The van der Waals surface area contributed by atoms with Gasteiger partial charge < -0.3 is 20.1 Å². The van der Waals surface area contributed by atoms with Crippen molar-refractivity contribution in [3.05, 3.63) is 77.6 Å². The highest BCUT2D eigenvalue weighted by Gasteiger charge is 2.08. The predicted octanol–water partition coefficient (Wildman–Crippen LogP) is 3.07. The third kappa shape index (κ3) is 5.84. The number of benzene rings is 2. The molecule has 1 heterocycles. The summed E-state index contributed by atoms with van der Waals surface area (Å²) in [5, 5.41) is 11.1. The number of ether oxygens (including phenoxy) is 2. The van der Waals surface area contributed by atoms with Gasteiger partial charge in [0.05, 0.1) is 12.3 Å². The molecule has 0 amide bonds. The summed E-state index contributed by atoms with van der Waals surface area (Å²) in [4.78, 5) is 4.34. The molecule has 3 rings (SSSR count). The summed E-state index contributed by atoms with van der Waals surface area (Å²) < 4.78 is 12.8. The zero-order chi connectivity index (χ0) is 21.2. The van der Waals surface area contributed by atoms with Crippen molar-refractivity contribution >= 4 is 5.96 Å². The summed E-state index contributed by atoms with van der Waals surface area (Å²) in [6.07, 6.45) is 3.72. The second-order valence-corrected chi connectivity index (χ2v) is 6.81.